The lowest BCUT2D eigenvalue weighted by molar-refractivity contribution is 1.24. The minimum absolute atomic E-state index is 0.375. The Morgan fingerprint density at radius 3 is 1.74 bits per heavy atom. The topological polar surface area (TPSA) is 49.6 Å². The molecule has 0 bridgehead atoms. The lowest BCUT2D eigenvalue weighted by Crippen LogP contribution is -1.94. The summed E-state index contributed by atoms with van der Waals surface area (Å²) in [6.45, 7) is 0. The number of aromatic nitrogens is 2. The molecule has 0 atom stereocenters. The number of nitriles is 1. The van der Waals surface area contributed by atoms with Gasteiger partial charge in [-0.2, -0.15) is 5.26 Å². The number of pyridine rings is 2. The summed E-state index contributed by atoms with van der Waals surface area (Å²) < 4.78 is 0. The van der Waals surface area contributed by atoms with Gasteiger partial charge < -0.3 is 0 Å². The van der Waals surface area contributed by atoms with Crippen molar-refractivity contribution in [3.05, 3.63) is 133 Å². The molecule has 5 aromatic carbocycles. The van der Waals surface area contributed by atoms with Crippen molar-refractivity contribution in [2.24, 2.45) is 0 Å². The molecule has 2 heterocycles. The van der Waals surface area contributed by atoms with Crippen molar-refractivity contribution in [1.82, 2.24) is 9.97 Å². The zero-order chi connectivity index (χ0) is 25.5. The van der Waals surface area contributed by atoms with Gasteiger partial charge in [0.15, 0.2) is 0 Å². The third-order valence-electron chi connectivity index (χ3n) is 7.18. The van der Waals surface area contributed by atoms with E-state index in [1.54, 1.807) is 6.20 Å². The summed E-state index contributed by atoms with van der Waals surface area (Å²) in [6, 6.07) is 44.3. The van der Waals surface area contributed by atoms with Gasteiger partial charge in [0.05, 0.1) is 11.4 Å². The van der Waals surface area contributed by atoms with Gasteiger partial charge in [-0.3, -0.25) is 0 Å². The Labute approximate surface area is 220 Å². The fourth-order valence-electron chi connectivity index (χ4n) is 5.46. The van der Waals surface area contributed by atoms with Crippen LogP contribution in [0, 0.1) is 11.3 Å². The molecule has 0 amide bonds. The van der Waals surface area contributed by atoms with Crippen LogP contribution < -0.4 is 0 Å². The van der Waals surface area contributed by atoms with E-state index in [1.807, 2.05) is 30.3 Å². The Morgan fingerprint density at radius 1 is 0.474 bits per heavy atom. The van der Waals surface area contributed by atoms with Crippen molar-refractivity contribution in [3.8, 4) is 39.7 Å². The molecule has 176 valence electrons. The molecule has 0 saturated heterocycles. The average Bonchev–Trinajstić information content (AvgIpc) is 3.00. The minimum Gasteiger partial charge on any atom is -0.248 e. The van der Waals surface area contributed by atoms with E-state index in [0.717, 1.165) is 27.9 Å². The van der Waals surface area contributed by atoms with Gasteiger partial charge in [0.2, 0.25) is 0 Å². The highest BCUT2D eigenvalue weighted by Crippen LogP contribution is 2.41. The number of nitrogens with zero attached hydrogens (tertiary/aromatic N) is 3. The van der Waals surface area contributed by atoms with Gasteiger partial charge in [0.25, 0.3) is 0 Å². The van der Waals surface area contributed by atoms with Crippen molar-refractivity contribution in [3.63, 3.8) is 0 Å². The average molecular weight is 484 g/mol. The summed E-state index contributed by atoms with van der Waals surface area (Å²) in [5.41, 5.74) is 6.21. The monoisotopic (exact) mass is 483 g/mol. The van der Waals surface area contributed by atoms with E-state index in [4.69, 9.17) is 4.98 Å². The predicted molar refractivity (Wildman–Crippen MR) is 156 cm³/mol. The van der Waals surface area contributed by atoms with E-state index in [9.17, 15) is 5.26 Å². The highest BCUT2D eigenvalue weighted by atomic mass is 14.7. The molecule has 7 rings (SSSR count). The van der Waals surface area contributed by atoms with Gasteiger partial charge in [-0.15, -0.1) is 0 Å². The molecule has 3 heteroatoms. The zero-order valence-corrected chi connectivity index (χ0v) is 20.5. The van der Waals surface area contributed by atoms with Crippen LogP contribution in [-0.2, 0) is 0 Å². The molecule has 0 aliphatic heterocycles. The summed E-state index contributed by atoms with van der Waals surface area (Å²) in [5, 5.41) is 16.8. The van der Waals surface area contributed by atoms with Crippen LogP contribution in [0.25, 0.3) is 66.0 Å². The molecule has 0 aliphatic carbocycles. The zero-order valence-electron chi connectivity index (χ0n) is 20.5. The van der Waals surface area contributed by atoms with Crippen molar-refractivity contribution >= 4 is 32.3 Å². The van der Waals surface area contributed by atoms with Gasteiger partial charge in [0, 0.05) is 17.3 Å². The molecule has 2 aromatic heterocycles. The summed E-state index contributed by atoms with van der Waals surface area (Å²) >= 11 is 0. The first-order valence-electron chi connectivity index (χ1n) is 12.6. The SMILES string of the molecule is N#Cc1ncccc1-c1cccc(-c2cc3c4ccccc4c(-c4ccccc4)cc3c3ccccc23)n1. The molecule has 0 N–H and O–H groups in total. The summed E-state index contributed by atoms with van der Waals surface area (Å²) in [7, 11) is 0. The van der Waals surface area contributed by atoms with Crippen LogP contribution in [0.2, 0.25) is 0 Å². The van der Waals surface area contributed by atoms with Crippen LogP contribution in [-0.4, -0.2) is 9.97 Å². The lowest BCUT2D eigenvalue weighted by Gasteiger charge is -2.16. The maximum absolute atomic E-state index is 9.59. The second-order valence-corrected chi connectivity index (χ2v) is 9.32. The van der Waals surface area contributed by atoms with Crippen molar-refractivity contribution in [2.75, 3.05) is 0 Å². The van der Waals surface area contributed by atoms with Crippen LogP contribution in [0.5, 0.6) is 0 Å². The van der Waals surface area contributed by atoms with E-state index < -0.39 is 0 Å². The molecular formula is C35H21N3. The van der Waals surface area contributed by atoms with Crippen LogP contribution in [0.1, 0.15) is 5.69 Å². The first-order chi connectivity index (χ1) is 18.8. The number of fused-ring (bicyclic) bond motifs is 5. The van der Waals surface area contributed by atoms with Gasteiger partial charge in [-0.05, 0) is 79.8 Å². The predicted octanol–water partition coefficient (Wildman–Crippen LogP) is 8.81. The molecule has 3 nitrogen and oxygen atoms in total. The van der Waals surface area contributed by atoms with E-state index in [2.05, 4.69) is 102 Å². The molecule has 0 saturated carbocycles. The van der Waals surface area contributed by atoms with Gasteiger partial charge in [0.1, 0.15) is 11.8 Å². The largest absolute Gasteiger partial charge is 0.248 e. The quantitative estimate of drug-likeness (QED) is 0.236. The van der Waals surface area contributed by atoms with Gasteiger partial charge >= 0.3 is 0 Å². The first-order valence-corrected chi connectivity index (χ1v) is 12.6. The Morgan fingerprint density at radius 2 is 1.05 bits per heavy atom. The Kier molecular flexibility index (Phi) is 5.17. The van der Waals surface area contributed by atoms with E-state index in [-0.39, 0.29) is 0 Å². The minimum atomic E-state index is 0.375. The summed E-state index contributed by atoms with van der Waals surface area (Å²) in [6.07, 6.45) is 1.64. The number of hydrogen-bond acceptors (Lipinski definition) is 3. The number of rotatable bonds is 3. The molecule has 0 radical (unpaired) electrons. The van der Waals surface area contributed by atoms with Crippen LogP contribution in [0.4, 0.5) is 0 Å². The van der Waals surface area contributed by atoms with E-state index >= 15 is 0 Å². The highest BCUT2D eigenvalue weighted by Gasteiger charge is 2.16. The number of hydrogen-bond donors (Lipinski definition) is 0. The first kappa shape index (κ1) is 21.9. The standard InChI is InChI=1S/C35H21N3/c36-22-35-28(16-9-19-37-35)33-17-8-18-34(38-33)32-21-31-25-13-5-4-12-24(25)29(23-10-2-1-3-11-23)20-30(31)26-14-6-7-15-27(26)32/h1-21H. The van der Waals surface area contributed by atoms with Gasteiger partial charge in [-0.1, -0.05) is 84.9 Å². The molecule has 0 aliphatic rings. The van der Waals surface area contributed by atoms with Crippen molar-refractivity contribution in [1.29, 1.82) is 5.26 Å². The Bertz CT molecular complexity index is 2040. The fraction of sp³-hybridized carbons (Fsp3) is 0. The Balaban J connectivity index is 1.55. The smallest absolute Gasteiger partial charge is 0.149 e. The third kappa shape index (κ3) is 3.51. The van der Waals surface area contributed by atoms with Crippen molar-refractivity contribution < 1.29 is 0 Å². The number of benzene rings is 5. The van der Waals surface area contributed by atoms with Crippen LogP contribution in [0.15, 0.2) is 128 Å². The normalized spacial score (nSPS) is 11.1. The molecule has 0 fully saturated rings. The van der Waals surface area contributed by atoms with E-state index in [0.29, 0.717) is 5.69 Å². The molecule has 0 spiro atoms. The highest BCUT2D eigenvalue weighted by molar-refractivity contribution is 6.23. The molecule has 38 heavy (non-hydrogen) atoms. The molecule has 7 aromatic rings. The second-order valence-electron chi connectivity index (χ2n) is 9.32. The van der Waals surface area contributed by atoms with E-state index in [1.165, 1.54) is 38.1 Å². The summed E-state index contributed by atoms with van der Waals surface area (Å²) in [5.74, 6) is 0. The second kappa shape index (κ2) is 8.96. The summed E-state index contributed by atoms with van der Waals surface area (Å²) in [4.78, 5) is 9.27. The maximum Gasteiger partial charge on any atom is 0.149 e. The Hall–Kier alpha value is -5.33. The third-order valence-corrected chi connectivity index (χ3v) is 7.18. The van der Waals surface area contributed by atoms with Crippen LogP contribution >= 0.6 is 0 Å². The van der Waals surface area contributed by atoms with Crippen LogP contribution in [0.3, 0.4) is 0 Å². The van der Waals surface area contributed by atoms with Gasteiger partial charge in [-0.25, -0.2) is 9.97 Å². The maximum atomic E-state index is 9.59. The fourth-order valence-corrected chi connectivity index (χ4v) is 5.46. The molecule has 0 unspecified atom stereocenters. The lowest BCUT2D eigenvalue weighted by atomic mass is 9.88. The molecular weight excluding hydrogens is 462 g/mol. The van der Waals surface area contributed by atoms with Crippen molar-refractivity contribution in [2.45, 2.75) is 0 Å².